The second kappa shape index (κ2) is 8.91. The number of nitrogens with one attached hydrogen (secondary N) is 2. The fourth-order valence-corrected chi connectivity index (χ4v) is 3.06. The normalized spacial score (nSPS) is 10.4. The van der Waals surface area contributed by atoms with Gasteiger partial charge >= 0.3 is 0 Å². The lowest BCUT2D eigenvalue weighted by atomic mass is 10.2. The Balaban J connectivity index is 1.72. The van der Waals surface area contributed by atoms with E-state index in [1.165, 1.54) is 0 Å². The van der Waals surface area contributed by atoms with Crippen LogP contribution in [0, 0.1) is 6.92 Å². The van der Waals surface area contributed by atoms with Crippen molar-refractivity contribution in [3.05, 3.63) is 64.4 Å². The summed E-state index contributed by atoms with van der Waals surface area (Å²) in [6.07, 6.45) is 0. The molecular weight excluding hydrogens is 434 g/mol. The number of aryl methyl sites for hydroxylation is 1. The summed E-state index contributed by atoms with van der Waals surface area (Å²) in [4.78, 5) is 23.3. The van der Waals surface area contributed by atoms with E-state index in [9.17, 15) is 4.79 Å². The van der Waals surface area contributed by atoms with Crippen LogP contribution in [0.15, 0.2) is 53.0 Å². The monoisotopic (exact) mass is 455 g/mol. The van der Waals surface area contributed by atoms with E-state index in [1.54, 1.807) is 25.3 Å². The maximum atomic E-state index is 12.6. The molecule has 0 aliphatic rings. The number of carbonyl (C=O) groups excluding carboxylic acids is 1. The molecule has 0 unspecified atom stereocenters. The first-order valence-electron chi connectivity index (χ1n) is 8.90. The van der Waals surface area contributed by atoms with E-state index in [0.717, 1.165) is 11.5 Å². The third-order valence-corrected chi connectivity index (χ3v) is 4.81. The van der Waals surface area contributed by atoms with Crippen LogP contribution in [0.5, 0.6) is 5.75 Å². The van der Waals surface area contributed by atoms with Gasteiger partial charge in [-0.1, -0.05) is 0 Å². The van der Waals surface area contributed by atoms with E-state index in [4.69, 9.17) is 4.74 Å². The molecule has 0 saturated carbocycles. The Hall–Kier alpha value is -3.13. The van der Waals surface area contributed by atoms with Crippen molar-refractivity contribution < 1.29 is 9.53 Å². The van der Waals surface area contributed by atoms with Crippen molar-refractivity contribution in [2.24, 2.45) is 0 Å². The Kier molecular flexibility index (Phi) is 6.33. The summed E-state index contributed by atoms with van der Waals surface area (Å²) in [6.45, 7) is 1.85. The lowest BCUT2D eigenvalue weighted by Crippen LogP contribution is -2.13. The number of ether oxygens (including phenoxy) is 1. The molecular formula is C21H22BrN5O2. The molecule has 3 rings (SSSR count). The van der Waals surface area contributed by atoms with Crippen molar-refractivity contribution in [1.29, 1.82) is 0 Å². The van der Waals surface area contributed by atoms with Crippen molar-refractivity contribution in [3.8, 4) is 5.75 Å². The van der Waals surface area contributed by atoms with Gasteiger partial charge in [-0.05, 0) is 65.3 Å². The molecule has 150 valence electrons. The zero-order valence-corrected chi connectivity index (χ0v) is 18.2. The standard InChI is InChI=1S/C21H22BrN5O2/c1-13-23-19(12-20(24-13)27(2)3)25-14-5-7-15(8-6-14)26-21(28)17-11-16(29-4)9-10-18(17)22/h5-12H,1-4H3,(H,26,28)(H,23,24,25). The van der Waals surface area contributed by atoms with Crippen molar-refractivity contribution in [1.82, 2.24) is 9.97 Å². The number of anilines is 4. The first-order valence-corrected chi connectivity index (χ1v) is 9.70. The second-order valence-corrected chi connectivity index (χ2v) is 7.41. The van der Waals surface area contributed by atoms with Gasteiger partial charge in [0.15, 0.2) is 0 Å². The van der Waals surface area contributed by atoms with Gasteiger partial charge in [0.25, 0.3) is 5.91 Å². The number of aromatic nitrogens is 2. The zero-order chi connectivity index (χ0) is 21.0. The summed E-state index contributed by atoms with van der Waals surface area (Å²) in [5.74, 6) is 2.62. The minimum absolute atomic E-state index is 0.224. The summed E-state index contributed by atoms with van der Waals surface area (Å²) >= 11 is 3.40. The summed E-state index contributed by atoms with van der Waals surface area (Å²) in [6, 6.07) is 14.6. The lowest BCUT2D eigenvalue weighted by Gasteiger charge is -2.14. The van der Waals surface area contributed by atoms with Crippen molar-refractivity contribution >= 4 is 44.8 Å². The maximum absolute atomic E-state index is 12.6. The number of rotatable bonds is 6. The highest BCUT2D eigenvalue weighted by Crippen LogP contribution is 2.24. The SMILES string of the molecule is COc1ccc(Br)c(C(=O)Nc2ccc(Nc3cc(N(C)C)nc(C)n3)cc2)c1. The highest BCUT2D eigenvalue weighted by Gasteiger charge is 2.12. The van der Waals surface area contributed by atoms with Gasteiger partial charge < -0.3 is 20.3 Å². The van der Waals surface area contributed by atoms with Crippen molar-refractivity contribution in [2.75, 3.05) is 36.7 Å². The Labute approximate surface area is 178 Å². The smallest absolute Gasteiger partial charge is 0.256 e. The highest BCUT2D eigenvalue weighted by atomic mass is 79.9. The van der Waals surface area contributed by atoms with Gasteiger partial charge in [0.1, 0.15) is 23.2 Å². The van der Waals surface area contributed by atoms with Crippen LogP contribution in [-0.2, 0) is 0 Å². The molecule has 0 saturated heterocycles. The van der Waals surface area contributed by atoms with E-state index >= 15 is 0 Å². The van der Waals surface area contributed by atoms with Crippen LogP contribution in [0.4, 0.5) is 23.0 Å². The summed E-state index contributed by atoms with van der Waals surface area (Å²) in [5, 5.41) is 6.15. The topological polar surface area (TPSA) is 79.4 Å². The van der Waals surface area contributed by atoms with Crippen LogP contribution in [0.1, 0.15) is 16.2 Å². The Morgan fingerprint density at radius 1 is 1.03 bits per heavy atom. The van der Waals surface area contributed by atoms with Crippen molar-refractivity contribution in [3.63, 3.8) is 0 Å². The quantitative estimate of drug-likeness (QED) is 0.564. The maximum Gasteiger partial charge on any atom is 0.256 e. The van der Waals surface area contributed by atoms with Gasteiger partial charge in [0, 0.05) is 36.0 Å². The highest BCUT2D eigenvalue weighted by molar-refractivity contribution is 9.10. The number of amides is 1. The average Bonchev–Trinajstić information content (AvgIpc) is 2.69. The molecule has 0 aliphatic heterocycles. The van der Waals surface area contributed by atoms with Crippen LogP contribution in [0.25, 0.3) is 0 Å². The Morgan fingerprint density at radius 2 is 1.72 bits per heavy atom. The fourth-order valence-electron chi connectivity index (χ4n) is 2.63. The molecule has 3 aromatic rings. The number of halogens is 1. The molecule has 2 aromatic carbocycles. The number of benzene rings is 2. The van der Waals surface area contributed by atoms with Gasteiger partial charge in [0.2, 0.25) is 0 Å². The third-order valence-electron chi connectivity index (χ3n) is 4.12. The number of hydrogen-bond donors (Lipinski definition) is 2. The minimum atomic E-state index is -0.224. The molecule has 2 N–H and O–H groups in total. The number of hydrogen-bond acceptors (Lipinski definition) is 6. The van der Waals surface area contributed by atoms with Gasteiger partial charge in [-0.25, -0.2) is 9.97 Å². The number of nitrogens with zero attached hydrogens (tertiary/aromatic N) is 3. The molecule has 1 amide bonds. The molecule has 0 bridgehead atoms. The number of methoxy groups -OCH3 is 1. The first-order chi connectivity index (χ1) is 13.9. The van der Waals surface area contributed by atoms with E-state index in [-0.39, 0.29) is 5.91 Å². The third kappa shape index (κ3) is 5.23. The molecule has 1 heterocycles. The van der Waals surface area contributed by atoms with E-state index in [2.05, 4.69) is 36.5 Å². The largest absolute Gasteiger partial charge is 0.497 e. The molecule has 1 aromatic heterocycles. The lowest BCUT2D eigenvalue weighted by molar-refractivity contribution is 0.102. The molecule has 0 aliphatic carbocycles. The average molecular weight is 456 g/mol. The summed E-state index contributed by atoms with van der Waals surface area (Å²) in [7, 11) is 5.44. The molecule has 0 atom stereocenters. The van der Waals surface area contributed by atoms with Crippen LogP contribution in [0.2, 0.25) is 0 Å². The molecule has 0 fully saturated rings. The molecule has 8 heteroatoms. The second-order valence-electron chi connectivity index (χ2n) is 6.56. The fraction of sp³-hybridized carbons (Fsp3) is 0.190. The predicted molar refractivity (Wildman–Crippen MR) is 119 cm³/mol. The Bertz CT molecular complexity index is 1020. The molecule has 29 heavy (non-hydrogen) atoms. The number of carbonyl (C=O) groups is 1. The molecule has 0 spiro atoms. The van der Waals surface area contributed by atoms with Crippen LogP contribution >= 0.6 is 15.9 Å². The van der Waals surface area contributed by atoms with E-state index < -0.39 is 0 Å². The van der Waals surface area contributed by atoms with Gasteiger partial charge in [0.05, 0.1) is 12.7 Å². The van der Waals surface area contributed by atoms with Gasteiger partial charge in [-0.15, -0.1) is 0 Å². The summed E-state index contributed by atoms with van der Waals surface area (Å²) in [5.41, 5.74) is 2.04. The molecule has 0 radical (unpaired) electrons. The van der Waals surface area contributed by atoms with E-state index in [0.29, 0.717) is 33.1 Å². The van der Waals surface area contributed by atoms with Gasteiger partial charge in [-0.3, -0.25) is 4.79 Å². The van der Waals surface area contributed by atoms with Crippen LogP contribution in [-0.4, -0.2) is 37.1 Å². The predicted octanol–water partition coefficient (Wildman–Crippen LogP) is 4.62. The van der Waals surface area contributed by atoms with Crippen molar-refractivity contribution in [2.45, 2.75) is 6.92 Å². The van der Waals surface area contributed by atoms with E-state index in [1.807, 2.05) is 56.3 Å². The zero-order valence-electron chi connectivity index (χ0n) is 16.7. The molecule has 7 nitrogen and oxygen atoms in total. The minimum Gasteiger partial charge on any atom is -0.497 e. The van der Waals surface area contributed by atoms with Crippen LogP contribution < -0.4 is 20.3 Å². The first kappa shape index (κ1) is 20.6. The summed E-state index contributed by atoms with van der Waals surface area (Å²) < 4.78 is 5.89. The van der Waals surface area contributed by atoms with Crippen LogP contribution in [0.3, 0.4) is 0 Å². The Morgan fingerprint density at radius 3 is 2.38 bits per heavy atom. The van der Waals surface area contributed by atoms with Gasteiger partial charge in [-0.2, -0.15) is 0 Å².